The highest BCUT2D eigenvalue weighted by Gasteiger charge is 2.10. The SMILES string of the molecule is O=c1cnc2cnccc2n1Cc1ccc(-c2ccncc2)cc1F. The molecule has 3 aromatic heterocycles. The Bertz CT molecular complexity index is 1110. The van der Waals surface area contributed by atoms with E-state index >= 15 is 0 Å². The molecule has 0 aliphatic carbocycles. The standard InChI is InChI=1S/C19H13FN4O/c20-16-9-14(13-3-6-21-7-4-13)1-2-15(16)12-24-18-5-8-22-10-17(18)23-11-19(24)25/h1-11H,12H2. The van der Waals surface area contributed by atoms with Crippen molar-refractivity contribution in [2.75, 3.05) is 0 Å². The third-order valence-corrected chi connectivity index (χ3v) is 4.04. The predicted octanol–water partition coefficient (Wildman–Crippen LogP) is 3.04. The lowest BCUT2D eigenvalue weighted by molar-refractivity contribution is 0.599. The van der Waals surface area contributed by atoms with E-state index in [0.717, 1.165) is 11.1 Å². The van der Waals surface area contributed by atoms with Crippen LogP contribution in [0.2, 0.25) is 0 Å². The number of aromatic nitrogens is 4. The van der Waals surface area contributed by atoms with E-state index in [1.807, 2.05) is 18.2 Å². The van der Waals surface area contributed by atoms with E-state index in [2.05, 4.69) is 15.0 Å². The highest BCUT2D eigenvalue weighted by Crippen LogP contribution is 2.22. The van der Waals surface area contributed by atoms with Gasteiger partial charge in [0, 0.05) is 24.2 Å². The Morgan fingerprint density at radius 2 is 1.72 bits per heavy atom. The maximum atomic E-state index is 14.6. The van der Waals surface area contributed by atoms with Crippen LogP contribution in [0.1, 0.15) is 5.56 Å². The van der Waals surface area contributed by atoms with Gasteiger partial charge in [-0.1, -0.05) is 12.1 Å². The molecule has 5 nitrogen and oxygen atoms in total. The number of benzene rings is 1. The molecule has 0 radical (unpaired) electrons. The van der Waals surface area contributed by atoms with Crippen molar-refractivity contribution in [3.63, 3.8) is 0 Å². The average molecular weight is 332 g/mol. The van der Waals surface area contributed by atoms with Crippen LogP contribution in [0.5, 0.6) is 0 Å². The molecule has 0 N–H and O–H groups in total. The summed E-state index contributed by atoms with van der Waals surface area (Å²) in [5.41, 5.74) is 3.02. The van der Waals surface area contributed by atoms with Crippen molar-refractivity contribution in [3.05, 3.63) is 89.1 Å². The first-order chi connectivity index (χ1) is 12.2. The molecule has 0 amide bonds. The number of fused-ring (bicyclic) bond motifs is 1. The molecule has 6 heteroatoms. The molecular weight excluding hydrogens is 319 g/mol. The smallest absolute Gasteiger partial charge is 0.269 e. The van der Waals surface area contributed by atoms with Crippen LogP contribution in [0.25, 0.3) is 22.2 Å². The van der Waals surface area contributed by atoms with Crippen LogP contribution in [-0.2, 0) is 6.54 Å². The molecule has 0 aliphatic heterocycles. The van der Waals surface area contributed by atoms with E-state index in [-0.39, 0.29) is 17.9 Å². The van der Waals surface area contributed by atoms with E-state index < -0.39 is 0 Å². The highest BCUT2D eigenvalue weighted by molar-refractivity contribution is 5.73. The number of nitrogens with zero attached hydrogens (tertiary/aromatic N) is 4. The Balaban J connectivity index is 1.75. The molecule has 0 bridgehead atoms. The van der Waals surface area contributed by atoms with Crippen LogP contribution in [0.3, 0.4) is 0 Å². The Hall–Kier alpha value is -3.41. The molecule has 1 aromatic carbocycles. The fraction of sp³-hybridized carbons (Fsp3) is 0.0526. The van der Waals surface area contributed by atoms with E-state index in [9.17, 15) is 9.18 Å². The number of hydrogen-bond acceptors (Lipinski definition) is 4. The Morgan fingerprint density at radius 3 is 2.52 bits per heavy atom. The molecule has 25 heavy (non-hydrogen) atoms. The number of halogens is 1. The molecule has 0 spiro atoms. The molecule has 4 aromatic rings. The summed E-state index contributed by atoms with van der Waals surface area (Å²) in [7, 11) is 0. The fourth-order valence-corrected chi connectivity index (χ4v) is 2.75. The lowest BCUT2D eigenvalue weighted by Crippen LogP contribution is -2.21. The van der Waals surface area contributed by atoms with E-state index in [4.69, 9.17) is 0 Å². The molecule has 0 aliphatic rings. The summed E-state index contributed by atoms with van der Waals surface area (Å²) in [4.78, 5) is 24.2. The zero-order chi connectivity index (χ0) is 17.2. The van der Waals surface area contributed by atoms with Gasteiger partial charge >= 0.3 is 0 Å². The lowest BCUT2D eigenvalue weighted by atomic mass is 10.0. The summed E-state index contributed by atoms with van der Waals surface area (Å²) in [5, 5.41) is 0. The maximum Gasteiger partial charge on any atom is 0.269 e. The monoisotopic (exact) mass is 332 g/mol. The summed E-state index contributed by atoms with van der Waals surface area (Å²) < 4.78 is 16.1. The molecule has 0 saturated carbocycles. The van der Waals surface area contributed by atoms with Crippen molar-refractivity contribution in [1.29, 1.82) is 0 Å². The molecule has 4 rings (SSSR count). The van der Waals surface area contributed by atoms with Crippen LogP contribution in [0.15, 0.2) is 72.2 Å². The zero-order valence-corrected chi connectivity index (χ0v) is 13.1. The van der Waals surface area contributed by atoms with Gasteiger partial charge in [-0.15, -0.1) is 0 Å². The van der Waals surface area contributed by atoms with Crippen molar-refractivity contribution in [2.24, 2.45) is 0 Å². The second kappa shape index (κ2) is 6.24. The maximum absolute atomic E-state index is 14.6. The van der Waals surface area contributed by atoms with Crippen molar-refractivity contribution < 1.29 is 4.39 Å². The zero-order valence-electron chi connectivity index (χ0n) is 13.1. The second-order valence-electron chi connectivity index (χ2n) is 5.59. The molecule has 0 atom stereocenters. The molecule has 0 unspecified atom stereocenters. The van der Waals surface area contributed by atoms with Gasteiger partial charge in [0.05, 0.1) is 24.5 Å². The van der Waals surface area contributed by atoms with Crippen molar-refractivity contribution >= 4 is 11.0 Å². The number of hydrogen-bond donors (Lipinski definition) is 0. The largest absolute Gasteiger partial charge is 0.301 e. The van der Waals surface area contributed by atoms with Crippen molar-refractivity contribution in [3.8, 4) is 11.1 Å². The minimum absolute atomic E-state index is 0.129. The summed E-state index contributed by atoms with van der Waals surface area (Å²) in [5.74, 6) is -0.361. The second-order valence-corrected chi connectivity index (χ2v) is 5.59. The normalized spacial score (nSPS) is 10.9. The number of pyridine rings is 2. The van der Waals surface area contributed by atoms with Gasteiger partial charge in [-0.2, -0.15) is 0 Å². The molecule has 0 fully saturated rings. The van der Waals surface area contributed by atoms with Gasteiger partial charge in [0.15, 0.2) is 0 Å². The van der Waals surface area contributed by atoms with E-state index in [0.29, 0.717) is 16.6 Å². The highest BCUT2D eigenvalue weighted by atomic mass is 19.1. The first-order valence-corrected chi connectivity index (χ1v) is 7.71. The minimum Gasteiger partial charge on any atom is -0.301 e. The van der Waals surface area contributed by atoms with Crippen LogP contribution in [-0.4, -0.2) is 19.5 Å². The Labute approximate surface area is 142 Å². The summed E-state index contributed by atoms with van der Waals surface area (Å²) in [6, 6.07) is 10.4. The van der Waals surface area contributed by atoms with E-state index in [1.165, 1.54) is 16.8 Å². The Morgan fingerprint density at radius 1 is 0.920 bits per heavy atom. The van der Waals surface area contributed by atoms with Crippen molar-refractivity contribution in [1.82, 2.24) is 19.5 Å². The quantitative estimate of drug-likeness (QED) is 0.578. The average Bonchev–Trinajstić information content (AvgIpc) is 2.66. The lowest BCUT2D eigenvalue weighted by Gasteiger charge is -2.11. The van der Waals surface area contributed by atoms with E-state index in [1.54, 1.807) is 36.9 Å². The number of rotatable bonds is 3. The van der Waals surface area contributed by atoms with Crippen LogP contribution in [0, 0.1) is 5.82 Å². The Kier molecular flexibility index (Phi) is 3.78. The summed E-state index contributed by atoms with van der Waals surface area (Å²) in [6.07, 6.45) is 7.72. The van der Waals surface area contributed by atoms with Gasteiger partial charge in [-0.3, -0.25) is 14.8 Å². The summed E-state index contributed by atoms with van der Waals surface area (Å²) >= 11 is 0. The molecule has 0 saturated heterocycles. The molecule has 3 heterocycles. The van der Waals surface area contributed by atoms with Crippen molar-refractivity contribution in [2.45, 2.75) is 6.54 Å². The van der Waals surface area contributed by atoms with Gasteiger partial charge in [0.1, 0.15) is 11.3 Å². The van der Waals surface area contributed by atoms with Crippen LogP contribution >= 0.6 is 0 Å². The van der Waals surface area contributed by atoms with Gasteiger partial charge in [-0.05, 0) is 35.4 Å². The molecular formula is C19H13FN4O. The topological polar surface area (TPSA) is 60.7 Å². The van der Waals surface area contributed by atoms with Gasteiger partial charge in [0.25, 0.3) is 5.56 Å². The third kappa shape index (κ3) is 2.89. The predicted molar refractivity (Wildman–Crippen MR) is 92.5 cm³/mol. The molecule has 122 valence electrons. The third-order valence-electron chi connectivity index (χ3n) is 4.04. The van der Waals surface area contributed by atoms with Gasteiger partial charge in [-0.25, -0.2) is 9.37 Å². The van der Waals surface area contributed by atoms with Gasteiger partial charge in [0.2, 0.25) is 0 Å². The fourth-order valence-electron chi connectivity index (χ4n) is 2.75. The van der Waals surface area contributed by atoms with Crippen LogP contribution < -0.4 is 5.56 Å². The van der Waals surface area contributed by atoms with Gasteiger partial charge < -0.3 is 4.57 Å². The van der Waals surface area contributed by atoms with Crippen LogP contribution in [0.4, 0.5) is 4.39 Å². The first-order valence-electron chi connectivity index (χ1n) is 7.71. The summed E-state index contributed by atoms with van der Waals surface area (Å²) in [6.45, 7) is 0.129. The minimum atomic E-state index is -0.361. The first kappa shape index (κ1) is 15.1.